The van der Waals surface area contributed by atoms with Crippen molar-refractivity contribution < 1.29 is 14.3 Å². The number of hydrogen-bond acceptors (Lipinski definition) is 7. The lowest BCUT2D eigenvalue weighted by molar-refractivity contribution is 0.0602. The lowest BCUT2D eigenvalue weighted by Gasteiger charge is -2.16. The molecule has 5 rings (SSSR count). The van der Waals surface area contributed by atoms with Crippen molar-refractivity contribution in [1.29, 1.82) is 0 Å². The van der Waals surface area contributed by atoms with E-state index in [0.717, 1.165) is 28.2 Å². The Kier molecular flexibility index (Phi) is 5.51. The third kappa shape index (κ3) is 3.57. The Labute approximate surface area is 195 Å². The van der Waals surface area contributed by atoms with Gasteiger partial charge in [-0.1, -0.05) is 30.3 Å². The highest BCUT2D eigenvalue weighted by Gasteiger charge is 2.20. The molecule has 0 spiro atoms. The van der Waals surface area contributed by atoms with Gasteiger partial charge in [0.1, 0.15) is 11.6 Å². The summed E-state index contributed by atoms with van der Waals surface area (Å²) in [6.45, 7) is 4.33. The number of rotatable bonds is 6. The van der Waals surface area contributed by atoms with Gasteiger partial charge >= 0.3 is 5.97 Å². The molecule has 170 valence electrons. The van der Waals surface area contributed by atoms with E-state index in [1.165, 1.54) is 7.11 Å². The highest BCUT2D eigenvalue weighted by Crippen LogP contribution is 2.38. The number of H-pyrrole nitrogens is 1. The molecule has 2 heterocycles. The van der Waals surface area contributed by atoms with Gasteiger partial charge in [0.25, 0.3) is 0 Å². The number of para-hydroxylation sites is 1. The van der Waals surface area contributed by atoms with E-state index >= 15 is 0 Å². The van der Waals surface area contributed by atoms with Gasteiger partial charge in [0, 0.05) is 17.2 Å². The van der Waals surface area contributed by atoms with Gasteiger partial charge in [-0.3, -0.25) is 4.57 Å². The molecule has 0 atom stereocenters. The van der Waals surface area contributed by atoms with Gasteiger partial charge in [-0.2, -0.15) is 5.21 Å². The Hall–Kier alpha value is -4.53. The number of hydrogen-bond donors (Lipinski definition) is 1. The highest BCUT2D eigenvalue weighted by molar-refractivity contribution is 6.03. The molecule has 0 aliphatic rings. The first kappa shape index (κ1) is 21.3. The zero-order valence-electron chi connectivity index (χ0n) is 18.9. The first-order valence-electron chi connectivity index (χ1n) is 10.8. The number of carbonyl (C=O) groups is 1. The zero-order valence-corrected chi connectivity index (χ0v) is 18.9. The van der Waals surface area contributed by atoms with Crippen molar-refractivity contribution >= 4 is 17.0 Å². The van der Waals surface area contributed by atoms with Crippen molar-refractivity contribution in [3.05, 3.63) is 72.1 Å². The minimum Gasteiger partial charge on any atom is -0.493 e. The third-order valence-electron chi connectivity index (χ3n) is 5.58. The average Bonchev–Trinajstić information content (AvgIpc) is 3.51. The number of aromatic nitrogens is 6. The van der Waals surface area contributed by atoms with E-state index in [-0.39, 0.29) is 0 Å². The molecule has 2 aromatic heterocycles. The van der Waals surface area contributed by atoms with Crippen molar-refractivity contribution in [2.24, 2.45) is 0 Å². The van der Waals surface area contributed by atoms with Crippen LogP contribution in [0.1, 0.15) is 23.1 Å². The summed E-state index contributed by atoms with van der Waals surface area (Å²) in [6, 6.07) is 19.2. The van der Waals surface area contributed by atoms with Crippen LogP contribution in [-0.2, 0) is 4.74 Å². The number of imidazole rings is 1. The van der Waals surface area contributed by atoms with Gasteiger partial charge in [-0.25, -0.2) is 9.78 Å². The van der Waals surface area contributed by atoms with Gasteiger partial charge in [0.15, 0.2) is 0 Å². The number of nitrogens with zero attached hydrogens (tertiary/aromatic N) is 5. The van der Waals surface area contributed by atoms with Crippen molar-refractivity contribution in [1.82, 2.24) is 30.2 Å². The van der Waals surface area contributed by atoms with Crippen LogP contribution in [0.15, 0.2) is 60.7 Å². The number of ether oxygens (including phenoxy) is 2. The number of aryl methyl sites for hydroxylation is 1. The SMILES string of the molecule is CCOc1cc(-n2c(C)nc3cccc(C(=O)OC)c32)ccc1-c1ccccc1-c1nn[nH]n1. The summed E-state index contributed by atoms with van der Waals surface area (Å²) < 4.78 is 13.0. The molecule has 34 heavy (non-hydrogen) atoms. The summed E-state index contributed by atoms with van der Waals surface area (Å²) in [5.41, 5.74) is 5.31. The first-order valence-corrected chi connectivity index (χ1v) is 10.8. The molecular formula is C25H22N6O3. The molecule has 0 aliphatic carbocycles. The standard InChI is InChI=1S/C25H22N6O3/c1-4-34-22-14-16(31-15(2)26-21-11-7-10-20(23(21)31)25(32)33-3)12-13-18(22)17-8-5-6-9-19(17)24-27-29-30-28-24/h5-14H,4H2,1-3H3,(H,27,28,29,30). The Morgan fingerprint density at radius 3 is 2.59 bits per heavy atom. The average molecular weight is 454 g/mol. The fraction of sp³-hybridized carbons (Fsp3) is 0.160. The smallest absolute Gasteiger partial charge is 0.340 e. The monoisotopic (exact) mass is 454 g/mol. The Bertz CT molecular complexity index is 1490. The summed E-state index contributed by atoms with van der Waals surface area (Å²) in [5.74, 6) is 1.52. The maximum Gasteiger partial charge on any atom is 0.340 e. The van der Waals surface area contributed by atoms with Crippen LogP contribution in [-0.4, -0.2) is 49.9 Å². The summed E-state index contributed by atoms with van der Waals surface area (Å²) in [6.07, 6.45) is 0. The van der Waals surface area contributed by atoms with Crippen LogP contribution in [0.3, 0.4) is 0 Å². The van der Waals surface area contributed by atoms with E-state index in [4.69, 9.17) is 9.47 Å². The summed E-state index contributed by atoms with van der Waals surface area (Å²) in [7, 11) is 1.37. The largest absolute Gasteiger partial charge is 0.493 e. The molecule has 0 amide bonds. The number of carbonyl (C=O) groups excluding carboxylic acids is 1. The van der Waals surface area contributed by atoms with Crippen LogP contribution < -0.4 is 4.74 Å². The van der Waals surface area contributed by atoms with E-state index < -0.39 is 5.97 Å². The second-order valence-corrected chi connectivity index (χ2v) is 7.55. The predicted molar refractivity (Wildman–Crippen MR) is 127 cm³/mol. The molecule has 0 saturated heterocycles. The number of aromatic amines is 1. The van der Waals surface area contributed by atoms with Crippen LogP contribution >= 0.6 is 0 Å². The fourth-order valence-electron chi connectivity index (χ4n) is 4.17. The normalized spacial score (nSPS) is 11.0. The number of nitrogens with one attached hydrogen (secondary N) is 1. The summed E-state index contributed by atoms with van der Waals surface area (Å²) >= 11 is 0. The minimum atomic E-state index is -0.414. The lowest BCUT2D eigenvalue weighted by atomic mass is 9.98. The topological polar surface area (TPSA) is 108 Å². The fourth-order valence-corrected chi connectivity index (χ4v) is 4.17. The molecule has 0 aliphatic heterocycles. The molecule has 3 aromatic carbocycles. The molecule has 9 nitrogen and oxygen atoms in total. The minimum absolute atomic E-state index is 0.414. The molecule has 0 fully saturated rings. The van der Waals surface area contributed by atoms with Crippen molar-refractivity contribution in [2.45, 2.75) is 13.8 Å². The van der Waals surface area contributed by atoms with Crippen molar-refractivity contribution in [3.8, 4) is 34.0 Å². The van der Waals surface area contributed by atoms with Gasteiger partial charge in [-0.05, 0) is 48.9 Å². The first-order chi connectivity index (χ1) is 16.6. The molecule has 9 heteroatoms. The Morgan fingerprint density at radius 1 is 1.03 bits per heavy atom. The molecule has 0 unspecified atom stereocenters. The number of methoxy groups -OCH3 is 1. The molecule has 1 N–H and O–H groups in total. The molecule has 0 saturated carbocycles. The maximum absolute atomic E-state index is 12.5. The zero-order chi connectivity index (χ0) is 23.7. The second kappa shape index (κ2) is 8.78. The Balaban J connectivity index is 1.71. The van der Waals surface area contributed by atoms with Crippen LogP contribution in [0.25, 0.3) is 39.2 Å². The van der Waals surface area contributed by atoms with Gasteiger partial charge < -0.3 is 9.47 Å². The Morgan fingerprint density at radius 2 is 1.85 bits per heavy atom. The number of fused-ring (bicyclic) bond motifs is 1. The number of tetrazole rings is 1. The van der Waals surface area contributed by atoms with Crippen molar-refractivity contribution in [2.75, 3.05) is 13.7 Å². The summed E-state index contributed by atoms with van der Waals surface area (Å²) in [5, 5.41) is 14.5. The van der Waals surface area contributed by atoms with Crippen molar-refractivity contribution in [3.63, 3.8) is 0 Å². The molecular weight excluding hydrogens is 432 g/mol. The summed E-state index contributed by atoms with van der Waals surface area (Å²) in [4.78, 5) is 17.1. The van der Waals surface area contributed by atoms with E-state index in [0.29, 0.717) is 34.8 Å². The molecule has 0 bridgehead atoms. The predicted octanol–water partition coefficient (Wildman–Crippen LogP) is 4.37. The van der Waals surface area contributed by atoms with Gasteiger partial charge in [0.2, 0.25) is 5.82 Å². The van der Waals surface area contributed by atoms with Crippen LogP contribution in [0.5, 0.6) is 5.75 Å². The van der Waals surface area contributed by atoms with E-state index in [2.05, 4.69) is 25.6 Å². The lowest BCUT2D eigenvalue weighted by Crippen LogP contribution is -2.06. The van der Waals surface area contributed by atoms with Gasteiger partial charge in [0.05, 0.1) is 36.0 Å². The third-order valence-corrected chi connectivity index (χ3v) is 5.58. The van der Waals surface area contributed by atoms with E-state index in [9.17, 15) is 4.79 Å². The van der Waals surface area contributed by atoms with E-state index in [1.807, 2.05) is 66.9 Å². The van der Waals surface area contributed by atoms with Crippen LogP contribution in [0, 0.1) is 6.92 Å². The highest BCUT2D eigenvalue weighted by atomic mass is 16.5. The number of benzene rings is 3. The maximum atomic E-state index is 12.5. The second-order valence-electron chi connectivity index (χ2n) is 7.55. The van der Waals surface area contributed by atoms with Crippen LogP contribution in [0.2, 0.25) is 0 Å². The molecule has 5 aromatic rings. The van der Waals surface area contributed by atoms with Gasteiger partial charge in [-0.15, -0.1) is 10.2 Å². The van der Waals surface area contributed by atoms with E-state index in [1.54, 1.807) is 12.1 Å². The molecule has 0 radical (unpaired) electrons. The quantitative estimate of drug-likeness (QED) is 0.380. The van der Waals surface area contributed by atoms with Crippen LogP contribution in [0.4, 0.5) is 0 Å². The number of esters is 1.